The normalized spacial score (nSPS) is 15.8. The Morgan fingerprint density at radius 2 is 1.88 bits per heavy atom. The lowest BCUT2D eigenvalue weighted by Gasteiger charge is -2.32. The predicted octanol–water partition coefficient (Wildman–Crippen LogP) is 1.93. The van der Waals surface area contributed by atoms with Gasteiger partial charge in [-0.05, 0) is 50.3 Å². The smallest absolute Gasteiger partial charge is 0.239 e. The summed E-state index contributed by atoms with van der Waals surface area (Å²) in [5.74, 6) is 0.638. The van der Waals surface area contributed by atoms with Crippen LogP contribution in [0.25, 0.3) is 0 Å². The van der Waals surface area contributed by atoms with Gasteiger partial charge >= 0.3 is 0 Å². The summed E-state index contributed by atoms with van der Waals surface area (Å²) in [5.41, 5.74) is 1.40. The number of likely N-dealkylation sites (N-methyl/N-ethyl adjacent to an activating group) is 1. The molecule has 5 nitrogen and oxygen atoms in total. The van der Waals surface area contributed by atoms with Crippen LogP contribution in [0.3, 0.4) is 0 Å². The van der Waals surface area contributed by atoms with Gasteiger partial charge in [0.1, 0.15) is 0 Å². The Morgan fingerprint density at radius 3 is 2.52 bits per heavy atom. The average Bonchev–Trinajstić information content (AvgIpc) is 2.62. The largest absolute Gasteiger partial charge is 0.355 e. The number of hydrogen-bond donors (Lipinski definition) is 1. The molecule has 0 radical (unpaired) electrons. The second-order valence-electron chi connectivity index (χ2n) is 7.01. The molecular formula is C20H31N3O2. The van der Waals surface area contributed by atoms with Gasteiger partial charge in [-0.2, -0.15) is 0 Å². The van der Waals surface area contributed by atoms with Crippen molar-refractivity contribution in [1.29, 1.82) is 0 Å². The minimum Gasteiger partial charge on any atom is -0.355 e. The van der Waals surface area contributed by atoms with Crippen molar-refractivity contribution in [3.63, 3.8) is 0 Å². The highest BCUT2D eigenvalue weighted by atomic mass is 16.2. The molecule has 0 atom stereocenters. The van der Waals surface area contributed by atoms with Gasteiger partial charge in [0, 0.05) is 13.6 Å². The van der Waals surface area contributed by atoms with Crippen LogP contribution in [0.15, 0.2) is 30.3 Å². The Hall–Kier alpha value is -1.88. The molecule has 0 unspecified atom stereocenters. The molecule has 1 N–H and O–H groups in total. The van der Waals surface area contributed by atoms with E-state index in [0.29, 0.717) is 19.0 Å². The summed E-state index contributed by atoms with van der Waals surface area (Å²) < 4.78 is 0. The van der Waals surface area contributed by atoms with Crippen molar-refractivity contribution in [1.82, 2.24) is 15.1 Å². The zero-order chi connectivity index (χ0) is 18.1. The van der Waals surface area contributed by atoms with Gasteiger partial charge in [0.05, 0.1) is 13.1 Å². The minimum atomic E-state index is -0.0840. The molecule has 138 valence electrons. The van der Waals surface area contributed by atoms with Crippen molar-refractivity contribution >= 4 is 11.8 Å². The quantitative estimate of drug-likeness (QED) is 0.783. The van der Waals surface area contributed by atoms with Crippen molar-refractivity contribution in [2.75, 3.05) is 39.8 Å². The molecule has 0 bridgehead atoms. The van der Waals surface area contributed by atoms with Gasteiger partial charge in [0.2, 0.25) is 11.8 Å². The van der Waals surface area contributed by atoms with Crippen LogP contribution in [0.5, 0.6) is 0 Å². The second-order valence-corrected chi connectivity index (χ2v) is 7.01. The van der Waals surface area contributed by atoms with Crippen LogP contribution in [-0.4, -0.2) is 61.4 Å². The third-order valence-electron chi connectivity index (χ3n) is 4.81. The van der Waals surface area contributed by atoms with Gasteiger partial charge in [-0.3, -0.25) is 14.5 Å². The lowest BCUT2D eigenvalue weighted by molar-refractivity contribution is -0.135. The summed E-state index contributed by atoms with van der Waals surface area (Å²) in [6.07, 6.45) is 4.28. The van der Waals surface area contributed by atoms with Crippen LogP contribution < -0.4 is 5.32 Å². The van der Waals surface area contributed by atoms with Crippen molar-refractivity contribution in [3.05, 3.63) is 35.9 Å². The molecular weight excluding hydrogens is 314 g/mol. The zero-order valence-corrected chi connectivity index (χ0v) is 15.5. The number of benzene rings is 1. The van der Waals surface area contributed by atoms with Crippen LogP contribution >= 0.6 is 0 Å². The van der Waals surface area contributed by atoms with Gasteiger partial charge < -0.3 is 10.2 Å². The van der Waals surface area contributed by atoms with Gasteiger partial charge in [-0.25, -0.2) is 0 Å². The molecule has 1 fully saturated rings. The molecule has 2 rings (SSSR count). The average molecular weight is 345 g/mol. The summed E-state index contributed by atoms with van der Waals surface area (Å²) in [6, 6.07) is 10.6. The number of nitrogens with zero attached hydrogens (tertiary/aromatic N) is 2. The van der Waals surface area contributed by atoms with Gasteiger partial charge in [-0.15, -0.1) is 0 Å². The number of amides is 2. The van der Waals surface area contributed by atoms with E-state index in [2.05, 4.69) is 40.5 Å². The summed E-state index contributed by atoms with van der Waals surface area (Å²) in [4.78, 5) is 27.7. The second kappa shape index (κ2) is 10.2. The van der Waals surface area contributed by atoms with Crippen molar-refractivity contribution < 1.29 is 9.59 Å². The maximum Gasteiger partial charge on any atom is 0.239 e. The molecule has 5 heteroatoms. The molecule has 2 amide bonds. The van der Waals surface area contributed by atoms with E-state index in [4.69, 9.17) is 0 Å². The number of likely N-dealkylation sites (tertiary alicyclic amines) is 1. The molecule has 1 aliphatic heterocycles. The summed E-state index contributed by atoms with van der Waals surface area (Å²) in [7, 11) is 1.70. The fourth-order valence-electron chi connectivity index (χ4n) is 3.23. The molecule has 1 aliphatic rings. The lowest BCUT2D eigenvalue weighted by atomic mass is 9.90. The highest BCUT2D eigenvalue weighted by Crippen LogP contribution is 2.21. The van der Waals surface area contributed by atoms with E-state index in [1.807, 2.05) is 6.92 Å². The third-order valence-corrected chi connectivity index (χ3v) is 4.81. The zero-order valence-electron chi connectivity index (χ0n) is 15.5. The van der Waals surface area contributed by atoms with Crippen LogP contribution in [0, 0.1) is 5.92 Å². The highest BCUT2D eigenvalue weighted by molar-refractivity contribution is 5.85. The van der Waals surface area contributed by atoms with Crippen LogP contribution in [0.1, 0.15) is 31.7 Å². The number of carbonyl (C=O) groups excluding carboxylic acids is 2. The first kappa shape index (κ1) is 19.4. The SMILES string of the molecule is CCCNC(=O)CN(C)C(=O)CN1CCC(Cc2ccccc2)CC1. The molecule has 1 aromatic rings. The van der Waals surface area contributed by atoms with Crippen molar-refractivity contribution in [3.8, 4) is 0 Å². The van der Waals surface area contributed by atoms with Crippen LogP contribution in [0.2, 0.25) is 0 Å². The third kappa shape index (κ3) is 6.86. The maximum atomic E-state index is 12.3. The first-order valence-electron chi connectivity index (χ1n) is 9.35. The molecule has 0 aromatic heterocycles. The predicted molar refractivity (Wildman–Crippen MR) is 100 cm³/mol. The Kier molecular flexibility index (Phi) is 7.92. The number of rotatable bonds is 8. The Balaban J connectivity index is 1.68. The van der Waals surface area contributed by atoms with Gasteiger partial charge in [-0.1, -0.05) is 37.3 Å². The Labute approximate surface area is 151 Å². The minimum absolute atomic E-state index is 0.0214. The van der Waals surface area contributed by atoms with Crippen molar-refractivity contribution in [2.24, 2.45) is 5.92 Å². The summed E-state index contributed by atoms with van der Waals surface area (Å²) in [5, 5.41) is 2.80. The highest BCUT2D eigenvalue weighted by Gasteiger charge is 2.22. The van der Waals surface area contributed by atoms with E-state index in [0.717, 1.165) is 38.8 Å². The fourth-order valence-corrected chi connectivity index (χ4v) is 3.23. The van der Waals surface area contributed by atoms with Crippen molar-refractivity contribution in [2.45, 2.75) is 32.6 Å². The number of carbonyl (C=O) groups is 2. The molecule has 0 aliphatic carbocycles. The summed E-state index contributed by atoms with van der Waals surface area (Å²) >= 11 is 0. The van der Waals surface area contributed by atoms with E-state index >= 15 is 0 Å². The van der Waals surface area contributed by atoms with Crippen LogP contribution in [-0.2, 0) is 16.0 Å². The van der Waals surface area contributed by atoms with Crippen LogP contribution in [0.4, 0.5) is 0 Å². The molecule has 0 spiro atoms. The lowest BCUT2D eigenvalue weighted by Crippen LogP contribution is -2.45. The van der Waals surface area contributed by atoms with E-state index in [9.17, 15) is 9.59 Å². The number of piperidine rings is 1. The van der Waals surface area contributed by atoms with Gasteiger partial charge in [0.15, 0.2) is 0 Å². The molecule has 1 aromatic carbocycles. The Morgan fingerprint density at radius 1 is 1.20 bits per heavy atom. The van der Waals surface area contributed by atoms with E-state index in [1.54, 1.807) is 7.05 Å². The molecule has 25 heavy (non-hydrogen) atoms. The number of hydrogen-bond acceptors (Lipinski definition) is 3. The number of nitrogens with one attached hydrogen (secondary N) is 1. The maximum absolute atomic E-state index is 12.3. The first-order chi connectivity index (χ1) is 12.1. The molecule has 1 saturated heterocycles. The standard InChI is InChI=1S/C20H31N3O2/c1-3-11-21-19(24)15-22(2)20(25)16-23-12-9-18(10-13-23)14-17-7-5-4-6-8-17/h4-8,18H,3,9-16H2,1-2H3,(H,21,24). The summed E-state index contributed by atoms with van der Waals surface area (Å²) in [6.45, 7) is 5.14. The van der Waals surface area contributed by atoms with E-state index in [1.165, 1.54) is 10.5 Å². The fraction of sp³-hybridized carbons (Fsp3) is 0.600. The monoisotopic (exact) mass is 345 g/mol. The molecule has 0 saturated carbocycles. The van der Waals surface area contributed by atoms with Gasteiger partial charge in [0.25, 0.3) is 0 Å². The van der Waals surface area contributed by atoms with E-state index < -0.39 is 0 Å². The first-order valence-corrected chi connectivity index (χ1v) is 9.35. The van der Waals surface area contributed by atoms with E-state index in [-0.39, 0.29) is 18.4 Å². The molecule has 1 heterocycles. The topological polar surface area (TPSA) is 52.7 Å². The Bertz CT molecular complexity index is 539.